The monoisotopic (exact) mass is 337 g/mol. The first kappa shape index (κ1) is 13.6. The molecular weight excluding hydrogens is 322 g/mol. The van der Waals surface area contributed by atoms with E-state index in [4.69, 9.17) is 5.11 Å². The Morgan fingerprint density at radius 3 is 2.50 bits per heavy atom. The van der Waals surface area contributed by atoms with Crippen molar-refractivity contribution in [2.75, 3.05) is 0 Å². The Hall–Kier alpha value is -1.36. The van der Waals surface area contributed by atoms with Crippen molar-refractivity contribution >= 4 is 27.8 Å². The maximum absolute atomic E-state index is 12.5. The average molecular weight is 338 g/mol. The van der Waals surface area contributed by atoms with Gasteiger partial charge < -0.3 is 10.0 Å². The third-order valence-electron chi connectivity index (χ3n) is 3.99. The molecule has 3 rings (SSSR count). The van der Waals surface area contributed by atoms with Gasteiger partial charge in [-0.2, -0.15) is 0 Å². The van der Waals surface area contributed by atoms with Crippen LogP contribution < -0.4 is 0 Å². The summed E-state index contributed by atoms with van der Waals surface area (Å²) < 4.78 is 0.990. The van der Waals surface area contributed by atoms with Gasteiger partial charge >= 0.3 is 5.97 Å². The Bertz CT molecular complexity index is 556. The molecule has 106 valence electrons. The fourth-order valence-electron chi connectivity index (χ4n) is 2.54. The highest BCUT2D eigenvalue weighted by molar-refractivity contribution is 9.10. The number of hydrogen-bond acceptors (Lipinski definition) is 2. The van der Waals surface area contributed by atoms with E-state index in [1.165, 1.54) is 0 Å². The van der Waals surface area contributed by atoms with Crippen LogP contribution in [0.4, 0.5) is 0 Å². The summed E-state index contributed by atoms with van der Waals surface area (Å²) in [7, 11) is 0. The molecule has 2 aliphatic rings. The number of carboxylic acid groups (broad SMARTS) is 1. The van der Waals surface area contributed by atoms with Crippen LogP contribution in [0.15, 0.2) is 28.7 Å². The van der Waals surface area contributed by atoms with Gasteiger partial charge in [0.15, 0.2) is 0 Å². The van der Waals surface area contributed by atoms with Crippen molar-refractivity contribution < 1.29 is 14.7 Å². The summed E-state index contributed by atoms with van der Waals surface area (Å²) >= 11 is 3.50. The van der Waals surface area contributed by atoms with Gasteiger partial charge in [-0.1, -0.05) is 34.1 Å². The van der Waals surface area contributed by atoms with Gasteiger partial charge in [-0.3, -0.25) is 9.59 Å². The molecule has 20 heavy (non-hydrogen) atoms. The van der Waals surface area contributed by atoms with E-state index in [0.717, 1.165) is 22.9 Å². The smallest absolute Gasteiger partial charge is 0.307 e. The van der Waals surface area contributed by atoms with E-state index in [2.05, 4.69) is 15.9 Å². The molecule has 2 fully saturated rings. The zero-order valence-electron chi connectivity index (χ0n) is 11.0. The maximum atomic E-state index is 12.5. The second-order valence-corrected chi connectivity index (χ2v) is 6.43. The number of nitrogens with zero attached hydrogens (tertiary/aromatic N) is 1. The number of rotatable bonds is 5. The van der Waals surface area contributed by atoms with Gasteiger partial charge in [-0.15, -0.1) is 0 Å². The summed E-state index contributed by atoms with van der Waals surface area (Å²) in [6, 6.07) is 8.14. The first-order valence-electron chi connectivity index (χ1n) is 6.84. The number of carboxylic acids is 1. The van der Waals surface area contributed by atoms with E-state index in [1.807, 2.05) is 29.2 Å². The van der Waals surface area contributed by atoms with E-state index in [0.29, 0.717) is 19.0 Å². The molecule has 1 amide bonds. The van der Waals surface area contributed by atoms with Gasteiger partial charge in [0.2, 0.25) is 5.91 Å². The number of hydrogen-bond donors (Lipinski definition) is 1. The zero-order valence-corrected chi connectivity index (χ0v) is 12.5. The normalized spacial score (nSPS) is 24.2. The molecule has 0 heterocycles. The highest BCUT2D eigenvalue weighted by Gasteiger charge is 2.51. The van der Waals surface area contributed by atoms with Crippen molar-refractivity contribution in [3.8, 4) is 0 Å². The van der Waals surface area contributed by atoms with E-state index in [-0.39, 0.29) is 11.8 Å². The molecule has 0 bridgehead atoms. The molecule has 1 aromatic carbocycles. The molecule has 1 N–H and O–H groups in total. The number of carbonyl (C=O) groups is 2. The van der Waals surface area contributed by atoms with Crippen LogP contribution in [0.2, 0.25) is 0 Å². The fraction of sp³-hybridized carbons (Fsp3) is 0.467. The lowest BCUT2D eigenvalue weighted by molar-refractivity contribution is -0.142. The maximum Gasteiger partial charge on any atom is 0.307 e. The second kappa shape index (κ2) is 5.20. The van der Waals surface area contributed by atoms with Gasteiger partial charge in [0, 0.05) is 17.1 Å². The molecule has 0 aliphatic heterocycles. The van der Waals surface area contributed by atoms with Gasteiger partial charge in [0.25, 0.3) is 0 Å². The highest BCUT2D eigenvalue weighted by atomic mass is 79.9. The Morgan fingerprint density at radius 2 is 1.95 bits per heavy atom. The van der Waals surface area contributed by atoms with Gasteiger partial charge in [0.1, 0.15) is 0 Å². The summed E-state index contributed by atoms with van der Waals surface area (Å²) in [6.07, 6.45) is 2.55. The van der Waals surface area contributed by atoms with Crippen LogP contribution in [0.3, 0.4) is 0 Å². The van der Waals surface area contributed by atoms with Crippen LogP contribution in [0.25, 0.3) is 0 Å². The van der Waals surface area contributed by atoms with Crippen LogP contribution in [0.5, 0.6) is 0 Å². The van der Waals surface area contributed by atoms with E-state index >= 15 is 0 Å². The van der Waals surface area contributed by atoms with Crippen molar-refractivity contribution in [2.24, 2.45) is 11.8 Å². The summed E-state index contributed by atoms with van der Waals surface area (Å²) in [5, 5.41) is 8.96. The molecular formula is C15H16BrNO3. The van der Waals surface area contributed by atoms with Crippen molar-refractivity contribution in [1.29, 1.82) is 0 Å². The molecule has 0 saturated heterocycles. The number of aliphatic carboxylic acids is 1. The van der Waals surface area contributed by atoms with Crippen LogP contribution >= 0.6 is 15.9 Å². The first-order chi connectivity index (χ1) is 9.58. The zero-order chi connectivity index (χ0) is 14.3. The summed E-state index contributed by atoms with van der Waals surface area (Å²) in [6.45, 7) is 0.563. The van der Waals surface area contributed by atoms with Crippen LogP contribution in [0.1, 0.15) is 24.8 Å². The molecule has 2 aliphatic carbocycles. The summed E-state index contributed by atoms with van der Waals surface area (Å²) in [5.41, 5.74) is 1.07. The molecule has 4 nitrogen and oxygen atoms in total. The van der Waals surface area contributed by atoms with Gasteiger partial charge in [0.05, 0.1) is 11.8 Å². The Kier molecular flexibility index (Phi) is 3.54. The minimum atomic E-state index is -0.847. The molecule has 5 heteroatoms. The number of halogens is 1. The minimum absolute atomic E-state index is 0.00986. The van der Waals surface area contributed by atoms with Crippen LogP contribution in [-0.4, -0.2) is 27.9 Å². The van der Waals surface area contributed by atoms with Crippen LogP contribution in [0, 0.1) is 11.8 Å². The fourth-order valence-corrected chi connectivity index (χ4v) is 2.95. The SMILES string of the molecule is O=C(O)C1CC1C(=O)N(Cc1ccccc1Br)C1CC1. The standard InChI is InChI=1S/C15H16BrNO3/c16-13-4-2-1-3-9(13)8-17(10-5-6-10)14(18)11-7-12(11)15(19)20/h1-4,10-12H,5-8H2,(H,19,20). The molecule has 2 unspecified atom stereocenters. The van der Waals surface area contributed by atoms with Crippen molar-refractivity contribution in [1.82, 2.24) is 4.90 Å². The molecule has 0 spiro atoms. The van der Waals surface area contributed by atoms with Crippen LogP contribution in [-0.2, 0) is 16.1 Å². The third-order valence-corrected chi connectivity index (χ3v) is 4.77. The highest BCUT2D eigenvalue weighted by Crippen LogP contribution is 2.42. The summed E-state index contributed by atoms with van der Waals surface area (Å²) in [4.78, 5) is 25.3. The van der Waals surface area contributed by atoms with Gasteiger partial charge in [-0.25, -0.2) is 0 Å². The van der Waals surface area contributed by atoms with Crippen molar-refractivity contribution in [2.45, 2.75) is 31.8 Å². The number of amides is 1. The van der Waals surface area contributed by atoms with Crippen molar-refractivity contribution in [3.05, 3.63) is 34.3 Å². The predicted octanol–water partition coefficient (Wildman–Crippen LogP) is 2.66. The Labute approximate surface area is 125 Å². The topological polar surface area (TPSA) is 57.6 Å². The van der Waals surface area contributed by atoms with Gasteiger partial charge in [-0.05, 0) is 30.9 Å². The Morgan fingerprint density at radius 1 is 1.25 bits per heavy atom. The largest absolute Gasteiger partial charge is 0.481 e. The summed E-state index contributed by atoms with van der Waals surface area (Å²) in [5.74, 6) is -1.62. The van der Waals surface area contributed by atoms with E-state index in [1.54, 1.807) is 0 Å². The lowest BCUT2D eigenvalue weighted by Gasteiger charge is -2.23. The number of carbonyl (C=O) groups excluding carboxylic acids is 1. The van der Waals surface area contributed by atoms with E-state index in [9.17, 15) is 9.59 Å². The quantitative estimate of drug-likeness (QED) is 0.898. The molecule has 2 saturated carbocycles. The minimum Gasteiger partial charge on any atom is -0.481 e. The predicted molar refractivity (Wildman–Crippen MR) is 76.9 cm³/mol. The molecule has 1 aromatic rings. The number of benzene rings is 1. The van der Waals surface area contributed by atoms with Crippen molar-refractivity contribution in [3.63, 3.8) is 0 Å². The lowest BCUT2D eigenvalue weighted by atomic mass is 10.2. The average Bonchev–Trinajstić information content (AvgIpc) is 3.28. The lowest BCUT2D eigenvalue weighted by Crippen LogP contribution is -2.34. The molecule has 0 radical (unpaired) electrons. The Balaban J connectivity index is 1.72. The third kappa shape index (κ3) is 2.73. The second-order valence-electron chi connectivity index (χ2n) is 5.58. The van der Waals surface area contributed by atoms with E-state index < -0.39 is 11.9 Å². The molecule has 0 aromatic heterocycles. The molecule has 2 atom stereocenters. The first-order valence-corrected chi connectivity index (χ1v) is 7.64.